The number of nitrogens with one attached hydrogen (secondary N) is 1. The molecular formula is C24H27N3O3S. The van der Waals surface area contributed by atoms with Crippen molar-refractivity contribution < 1.29 is 14.4 Å². The molecule has 6 nitrogen and oxygen atoms in total. The topological polar surface area (TPSA) is 69.7 Å². The summed E-state index contributed by atoms with van der Waals surface area (Å²) in [5.74, 6) is -0.759. The van der Waals surface area contributed by atoms with Crippen LogP contribution < -0.4 is 10.2 Å². The predicted octanol–water partition coefficient (Wildman–Crippen LogP) is 3.76. The Morgan fingerprint density at radius 1 is 1.06 bits per heavy atom. The molecule has 0 aromatic heterocycles. The van der Waals surface area contributed by atoms with Crippen molar-refractivity contribution in [3.8, 4) is 0 Å². The fraction of sp³-hybridized carbons (Fsp3) is 0.375. The number of carbonyl (C=O) groups is 3. The van der Waals surface area contributed by atoms with Crippen LogP contribution in [0.2, 0.25) is 0 Å². The molecule has 4 rings (SSSR count). The van der Waals surface area contributed by atoms with Gasteiger partial charge in [0.1, 0.15) is 6.54 Å². The van der Waals surface area contributed by atoms with Crippen LogP contribution >= 0.6 is 11.8 Å². The molecule has 0 radical (unpaired) electrons. The Morgan fingerprint density at radius 3 is 2.55 bits per heavy atom. The minimum Gasteiger partial charge on any atom is -0.341 e. The number of fused-ring (bicyclic) bond motifs is 1. The van der Waals surface area contributed by atoms with Crippen molar-refractivity contribution in [3.63, 3.8) is 0 Å². The second-order valence-corrected chi connectivity index (χ2v) is 9.29. The molecular weight excluding hydrogens is 410 g/mol. The molecule has 0 saturated carbocycles. The van der Waals surface area contributed by atoms with Crippen LogP contribution in [0.5, 0.6) is 0 Å². The highest BCUT2D eigenvalue weighted by Gasteiger charge is 2.41. The molecule has 2 aromatic carbocycles. The first-order valence-corrected chi connectivity index (χ1v) is 11.5. The highest BCUT2D eigenvalue weighted by molar-refractivity contribution is 8.01. The fourth-order valence-corrected chi connectivity index (χ4v) is 5.29. The van der Waals surface area contributed by atoms with Crippen molar-refractivity contribution in [2.75, 3.05) is 29.9 Å². The zero-order valence-corrected chi connectivity index (χ0v) is 18.7. The Balaban J connectivity index is 1.55. The molecule has 7 heteroatoms. The van der Waals surface area contributed by atoms with E-state index in [1.165, 1.54) is 16.7 Å². The number of hydrogen-bond acceptors (Lipinski definition) is 4. The maximum atomic E-state index is 13.3. The lowest BCUT2D eigenvalue weighted by Gasteiger charge is -2.36. The smallest absolute Gasteiger partial charge is 0.250 e. The Hall–Kier alpha value is -2.80. The van der Waals surface area contributed by atoms with Gasteiger partial charge in [-0.1, -0.05) is 29.8 Å². The largest absolute Gasteiger partial charge is 0.341 e. The number of amides is 3. The van der Waals surface area contributed by atoms with Crippen molar-refractivity contribution >= 4 is 40.9 Å². The molecule has 2 heterocycles. The Labute approximate surface area is 187 Å². The summed E-state index contributed by atoms with van der Waals surface area (Å²) in [6.07, 6.45) is 3.05. The highest BCUT2D eigenvalue weighted by atomic mass is 32.2. The zero-order chi connectivity index (χ0) is 22.0. The van der Waals surface area contributed by atoms with Crippen LogP contribution in [-0.4, -0.2) is 47.5 Å². The van der Waals surface area contributed by atoms with Gasteiger partial charge in [0.25, 0.3) is 5.91 Å². The van der Waals surface area contributed by atoms with Crippen LogP contribution in [0.15, 0.2) is 47.4 Å². The number of carbonyl (C=O) groups excluding carboxylic acids is 3. The van der Waals surface area contributed by atoms with Gasteiger partial charge in [-0.05, 0) is 56.9 Å². The first kappa shape index (κ1) is 21.4. The summed E-state index contributed by atoms with van der Waals surface area (Å²) >= 11 is 1.29. The number of likely N-dealkylation sites (tertiary alicyclic amines) is 1. The lowest BCUT2D eigenvalue weighted by Crippen LogP contribution is -2.52. The number of benzene rings is 2. The van der Waals surface area contributed by atoms with E-state index >= 15 is 0 Å². The first-order valence-electron chi connectivity index (χ1n) is 10.7. The minimum atomic E-state index is -0.845. The summed E-state index contributed by atoms with van der Waals surface area (Å²) in [4.78, 5) is 43.4. The summed E-state index contributed by atoms with van der Waals surface area (Å²) in [7, 11) is 0. The highest BCUT2D eigenvalue weighted by Crippen LogP contribution is 2.40. The van der Waals surface area contributed by atoms with E-state index in [4.69, 9.17) is 0 Å². The molecule has 0 aliphatic carbocycles. The molecule has 0 unspecified atom stereocenters. The number of piperidine rings is 1. The average Bonchev–Trinajstić information content (AvgIpc) is 2.77. The van der Waals surface area contributed by atoms with E-state index in [9.17, 15) is 14.4 Å². The number of para-hydroxylation sites is 1. The SMILES string of the molecule is Cc1ccc(NC(=O)CN2C(=O)[C@@H](C(=O)N3CCCCC3)Sc3ccccc32)c(C)c1. The average molecular weight is 438 g/mol. The Kier molecular flexibility index (Phi) is 6.32. The quantitative estimate of drug-likeness (QED) is 0.740. The summed E-state index contributed by atoms with van der Waals surface area (Å²) in [5.41, 5.74) is 3.48. The summed E-state index contributed by atoms with van der Waals surface area (Å²) in [6.45, 7) is 5.19. The maximum absolute atomic E-state index is 13.3. The minimum absolute atomic E-state index is 0.131. The van der Waals surface area contributed by atoms with Crippen molar-refractivity contribution in [1.29, 1.82) is 0 Å². The number of hydrogen-bond donors (Lipinski definition) is 1. The van der Waals surface area contributed by atoms with Gasteiger partial charge in [-0.3, -0.25) is 14.4 Å². The molecule has 162 valence electrons. The van der Waals surface area contributed by atoms with Crippen LogP contribution in [0.1, 0.15) is 30.4 Å². The third-order valence-corrected chi connectivity index (χ3v) is 6.98. The fourth-order valence-electron chi connectivity index (χ4n) is 4.10. The Bertz CT molecular complexity index is 1020. The van der Waals surface area contributed by atoms with Crippen LogP contribution in [0.3, 0.4) is 0 Å². The Morgan fingerprint density at radius 2 is 1.81 bits per heavy atom. The lowest BCUT2D eigenvalue weighted by atomic mass is 10.1. The van der Waals surface area contributed by atoms with Gasteiger partial charge in [0.2, 0.25) is 11.8 Å². The molecule has 2 aliphatic rings. The second-order valence-electron chi connectivity index (χ2n) is 8.14. The van der Waals surface area contributed by atoms with Crippen LogP contribution in [0, 0.1) is 13.8 Å². The van der Waals surface area contributed by atoms with E-state index in [-0.39, 0.29) is 24.3 Å². The van der Waals surface area contributed by atoms with Gasteiger partial charge in [0.05, 0.1) is 5.69 Å². The summed E-state index contributed by atoms with van der Waals surface area (Å²) in [6, 6.07) is 13.3. The molecule has 1 fully saturated rings. The number of anilines is 2. The molecule has 2 aromatic rings. The van der Waals surface area contributed by atoms with E-state index in [1.54, 1.807) is 4.90 Å². The van der Waals surface area contributed by atoms with Crippen molar-refractivity contribution in [3.05, 3.63) is 53.6 Å². The molecule has 2 aliphatic heterocycles. The van der Waals surface area contributed by atoms with Crippen molar-refractivity contribution in [2.24, 2.45) is 0 Å². The molecule has 1 saturated heterocycles. The third kappa shape index (κ3) is 4.61. The van der Waals surface area contributed by atoms with Crippen LogP contribution in [0.4, 0.5) is 11.4 Å². The van der Waals surface area contributed by atoms with Crippen molar-refractivity contribution in [1.82, 2.24) is 4.90 Å². The van der Waals surface area contributed by atoms with E-state index in [0.29, 0.717) is 18.8 Å². The van der Waals surface area contributed by atoms with Gasteiger partial charge in [-0.15, -0.1) is 11.8 Å². The van der Waals surface area contributed by atoms with Gasteiger partial charge in [0, 0.05) is 23.7 Å². The predicted molar refractivity (Wildman–Crippen MR) is 123 cm³/mol. The van der Waals surface area contributed by atoms with E-state index < -0.39 is 5.25 Å². The summed E-state index contributed by atoms with van der Waals surface area (Å²) in [5, 5.41) is 2.06. The molecule has 3 amide bonds. The van der Waals surface area contributed by atoms with E-state index in [2.05, 4.69) is 5.32 Å². The second kappa shape index (κ2) is 9.14. The van der Waals surface area contributed by atoms with E-state index in [1.807, 2.05) is 56.3 Å². The lowest BCUT2D eigenvalue weighted by molar-refractivity contribution is -0.135. The van der Waals surface area contributed by atoms with Crippen LogP contribution in [0.25, 0.3) is 0 Å². The molecule has 1 atom stereocenters. The number of thioether (sulfide) groups is 1. The molecule has 1 N–H and O–H groups in total. The van der Waals surface area contributed by atoms with Crippen LogP contribution in [-0.2, 0) is 14.4 Å². The molecule has 0 spiro atoms. The normalized spacial score (nSPS) is 18.5. The summed E-state index contributed by atoms with van der Waals surface area (Å²) < 4.78 is 0. The van der Waals surface area contributed by atoms with Crippen molar-refractivity contribution in [2.45, 2.75) is 43.3 Å². The molecule has 31 heavy (non-hydrogen) atoms. The van der Waals surface area contributed by atoms with Gasteiger partial charge >= 0.3 is 0 Å². The maximum Gasteiger partial charge on any atom is 0.250 e. The number of nitrogens with zero attached hydrogens (tertiary/aromatic N) is 2. The number of aryl methyl sites for hydroxylation is 2. The first-order chi connectivity index (χ1) is 14.9. The third-order valence-electron chi connectivity index (χ3n) is 5.74. The van der Waals surface area contributed by atoms with Gasteiger partial charge < -0.3 is 15.1 Å². The standard InChI is InChI=1S/C24H27N3O3S/c1-16-10-11-18(17(2)14-16)25-21(28)15-27-19-8-4-5-9-20(19)31-22(24(27)30)23(29)26-12-6-3-7-13-26/h4-5,8-11,14,22H,3,6-7,12-13,15H2,1-2H3,(H,25,28)/t22-/m1/s1. The number of rotatable bonds is 4. The molecule has 0 bridgehead atoms. The van der Waals surface area contributed by atoms with Gasteiger partial charge in [-0.25, -0.2) is 0 Å². The van der Waals surface area contributed by atoms with E-state index in [0.717, 1.165) is 41.0 Å². The van der Waals surface area contributed by atoms with Gasteiger partial charge in [0.15, 0.2) is 5.25 Å². The zero-order valence-electron chi connectivity index (χ0n) is 17.9. The van der Waals surface area contributed by atoms with Gasteiger partial charge in [-0.2, -0.15) is 0 Å². The monoisotopic (exact) mass is 437 g/mol.